The van der Waals surface area contributed by atoms with Crippen molar-refractivity contribution in [1.82, 2.24) is 10.2 Å². The molecule has 0 radical (unpaired) electrons. The lowest BCUT2D eigenvalue weighted by Crippen LogP contribution is -2.37. The molecular weight excluding hydrogens is 184 g/mol. The molecular formula is C9H16N2O3. The van der Waals surface area contributed by atoms with Crippen LogP contribution in [-0.4, -0.2) is 48.1 Å². The van der Waals surface area contributed by atoms with E-state index in [0.717, 1.165) is 6.42 Å². The standard InChI is InChI=1S/C9H16N2O3/c12-6-1-3-9(14)11-5-2-4-10-8(13)7-11/h12H,1-7H2,(H,10,13). The number of amides is 2. The van der Waals surface area contributed by atoms with Crippen molar-refractivity contribution < 1.29 is 14.7 Å². The fourth-order valence-corrected chi connectivity index (χ4v) is 1.41. The van der Waals surface area contributed by atoms with Gasteiger partial charge in [0.05, 0.1) is 6.54 Å². The third-order valence-electron chi connectivity index (χ3n) is 2.16. The van der Waals surface area contributed by atoms with Crippen LogP contribution in [0.1, 0.15) is 19.3 Å². The van der Waals surface area contributed by atoms with Gasteiger partial charge in [0, 0.05) is 26.1 Å². The van der Waals surface area contributed by atoms with E-state index >= 15 is 0 Å². The number of aliphatic hydroxyl groups excluding tert-OH is 1. The van der Waals surface area contributed by atoms with E-state index in [4.69, 9.17) is 5.11 Å². The highest BCUT2D eigenvalue weighted by Crippen LogP contribution is 2.01. The second-order valence-corrected chi connectivity index (χ2v) is 3.35. The molecule has 0 spiro atoms. The number of nitrogens with one attached hydrogen (secondary N) is 1. The molecule has 2 amide bonds. The molecule has 0 atom stereocenters. The largest absolute Gasteiger partial charge is 0.396 e. The number of carbonyl (C=O) groups excluding carboxylic acids is 2. The summed E-state index contributed by atoms with van der Waals surface area (Å²) in [6.07, 6.45) is 1.59. The third kappa shape index (κ3) is 3.33. The molecule has 1 aliphatic rings. The zero-order valence-corrected chi connectivity index (χ0v) is 8.16. The van der Waals surface area contributed by atoms with Crippen LogP contribution in [0.4, 0.5) is 0 Å². The van der Waals surface area contributed by atoms with E-state index in [1.807, 2.05) is 0 Å². The van der Waals surface area contributed by atoms with Crippen molar-refractivity contribution in [2.75, 3.05) is 26.2 Å². The number of nitrogens with zero attached hydrogens (tertiary/aromatic N) is 1. The maximum atomic E-state index is 11.5. The Balaban J connectivity index is 2.40. The number of carbonyl (C=O) groups is 2. The Kier molecular flexibility index (Phi) is 4.39. The molecule has 0 saturated carbocycles. The molecule has 1 heterocycles. The van der Waals surface area contributed by atoms with Gasteiger partial charge in [-0.3, -0.25) is 9.59 Å². The lowest BCUT2D eigenvalue weighted by Gasteiger charge is -2.18. The van der Waals surface area contributed by atoms with Gasteiger partial charge in [0.15, 0.2) is 0 Å². The topological polar surface area (TPSA) is 69.6 Å². The number of aliphatic hydroxyl groups is 1. The number of hydrogen-bond acceptors (Lipinski definition) is 3. The van der Waals surface area contributed by atoms with Crippen LogP contribution in [0.25, 0.3) is 0 Å². The molecule has 80 valence electrons. The van der Waals surface area contributed by atoms with E-state index in [1.165, 1.54) is 0 Å². The average molecular weight is 200 g/mol. The van der Waals surface area contributed by atoms with Crippen LogP contribution in [0.2, 0.25) is 0 Å². The molecule has 5 heteroatoms. The molecule has 0 aromatic heterocycles. The fourth-order valence-electron chi connectivity index (χ4n) is 1.41. The van der Waals surface area contributed by atoms with Crippen molar-refractivity contribution in [3.05, 3.63) is 0 Å². The first-order chi connectivity index (χ1) is 6.74. The predicted octanol–water partition coefficient (Wildman–Crippen LogP) is -0.893. The summed E-state index contributed by atoms with van der Waals surface area (Å²) in [6, 6.07) is 0. The van der Waals surface area contributed by atoms with Gasteiger partial charge >= 0.3 is 0 Å². The van der Waals surface area contributed by atoms with Crippen molar-refractivity contribution in [3.63, 3.8) is 0 Å². The molecule has 2 N–H and O–H groups in total. The number of hydrogen-bond donors (Lipinski definition) is 2. The summed E-state index contributed by atoms with van der Waals surface area (Å²) in [4.78, 5) is 24.2. The maximum Gasteiger partial charge on any atom is 0.239 e. The molecule has 1 saturated heterocycles. The van der Waals surface area contributed by atoms with Gasteiger partial charge in [0.1, 0.15) is 0 Å². The van der Waals surface area contributed by atoms with Gasteiger partial charge < -0.3 is 15.3 Å². The third-order valence-corrected chi connectivity index (χ3v) is 2.16. The highest BCUT2D eigenvalue weighted by molar-refractivity contribution is 5.85. The molecule has 1 aliphatic heterocycles. The molecule has 0 aromatic rings. The van der Waals surface area contributed by atoms with Crippen molar-refractivity contribution in [3.8, 4) is 0 Å². The van der Waals surface area contributed by atoms with Crippen LogP contribution < -0.4 is 5.32 Å². The second-order valence-electron chi connectivity index (χ2n) is 3.35. The predicted molar refractivity (Wildman–Crippen MR) is 50.5 cm³/mol. The Morgan fingerprint density at radius 3 is 3.07 bits per heavy atom. The molecule has 5 nitrogen and oxygen atoms in total. The van der Waals surface area contributed by atoms with E-state index in [-0.39, 0.29) is 25.0 Å². The first kappa shape index (κ1) is 11.0. The van der Waals surface area contributed by atoms with Crippen LogP contribution in [0, 0.1) is 0 Å². The highest BCUT2D eigenvalue weighted by Gasteiger charge is 2.18. The Labute approximate surface area is 83.1 Å². The van der Waals surface area contributed by atoms with Crippen molar-refractivity contribution in [2.24, 2.45) is 0 Å². The van der Waals surface area contributed by atoms with Crippen LogP contribution in [-0.2, 0) is 9.59 Å². The smallest absolute Gasteiger partial charge is 0.239 e. The summed E-state index contributed by atoms with van der Waals surface area (Å²) in [6.45, 7) is 1.45. The Morgan fingerprint density at radius 1 is 1.57 bits per heavy atom. The molecule has 1 fully saturated rings. The molecule has 0 aliphatic carbocycles. The first-order valence-electron chi connectivity index (χ1n) is 4.89. The first-order valence-corrected chi connectivity index (χ1v) is 4.89. The van der Waals surface area contributed by atoms with Crippen LogP contribution >= 0.6 is 0 Å². The van der Waals surface area contributed by atoms with E-state index in [9.17, 15) is 9.59 Å². The zero-order chi connectivity index (χ0) is 10.4. The van der Waals surface area contributed by atoms with Gasteiger partial charge in [-0.25, -0.2) is 0 Å². The summed E-state index contributed by atoms with van der Waals surface area (Å²) < 4.78 is 0. The number of rotatable bonds is 3. The summed E-state index contributed by atoms with van der Waals surface area (Å²) in [5, 5.41) is 11.3. The van der Waals surface area contributed by atoms with E-state index in [2.05, 4.69) is 5.32 Å². The molecule has 1 rings (SSSR count). The Bertz CT molecular complexity index is 218. The van der Waals surface area contributed by atoms with E-state index in [0.29, 0.717) is 25.9 Å². The van der Waals surface area contributed by atoms with Crippen LogP contribution in [0.15, 0.2) is 0 Å². The Morgan fingerprint density at radius 2 is 2.36 bits per heavy atom. The quantitative estimate of drug-likeness (QED) is 0.620. The van der Waals surface area contributed by atoms with Crippen molar-refractivity contribution >= 4 is 11.8 Å². The fraction of sp³-hybridized carbons (Fsp3) is 0.778. The van der Waals surface area contributed by atoms with Gasteiger partial charge in [0.25, 0.3) is 0 Å². The van der Waals surface area contributed by atoms with E-state index < -0.39 is 0 Å². The molecule has 14 heavy (non-hydrogen) atoms. The second kappa shape index (κ2) is 5.59. The summed E-state index contributed by atoms with van der Waals surface area (Å²) >= 11 is 0. The zero-order valence-electron chi connectivity index (χ0n) is 8.16. The molecule has 0 bridgehead atoms. The molecule has 0 unspecified atom stereocenters. The summed E-state index contributed by atoms with van der Waals surface area (Å²) in [5.74, 6) is -0.143. The monoisotopic (exact) mass is 200 g/mol. The minimum absolute atomic E-state index is 0.0196. The summed E-state index contributed by atoms with van der Waals surface area (Å²) in [7, 11) is 0. The SMILES string of the molecule is O=C1CN(C(=O)CCCO)CCCN1. The van der Waals surface area contributed by atoms with Gasteiger partial charge in [-0.05, 0) is 12.8 Å². The van der Waals surface area contributed by atoms with Crippen LogP contribution in [0.5, 0.6) is 0 Å². The minimum Gasteiger partial charge on any atom is -0.396 e. The average Bonchev–Trinajstić information content (AvgIpc) is 2.39. The maximum absolute atomic E-state index is 11.5. The van der Waals surface area contributed by atoms with Crippen molar-refractivity contribution in [2.45, 2.75) is 19.3 Å². The minimum atomic E-state index is -0.0974. The van der Waals surface area contributed by atoms with Gasteiger partial charge in [0.2, 0.25) is 11.8 Å². The normalized spacial score (nSPS) is 17.5. The van der Waals surface area contributed by atoms with Crippen LogP contribution in [0.3, 0.4) is 0 Å². The van der Waals surface area contributed by atoms with Crippen molar-refractivity contribution in [1.29, 1.82) is 0 Å². The lowest BCUT2D eigenvalue weighted by atomic mass is 10.2. The highest BCUT2D eigenvalue weighted by atomic mass is 16.3. The lowest BCUT2D eigenvalue weighted by molar-refractivity contribution is -0.135. The van der Waals surface area contributed by atoms with Gasteiger partial charge in [-0.1, -0.05) is 0 Å². The van der Waals surface area contributed by atoms with Gasteiger partial charge in [-0.15, -0.1) is 0 Å². The molecule has 0 aromatic carbocycles. The van der Waals surface area contributed by atoms with E-state index in [1.54, 1.807) is 4.90 Å². The Hall–Kier alpha value is -1.10. The summed E-state index contributed by atoms with van der Waals surface area (Å²) in [5.41, 5.74) is 0. The van der Waals surface area contributed by atoms with Gasteiger partial charge in [-0.2, -0.15) is 0 Å².